The fourth-order valence-corrected chi connectivity index (χ4v) is 3.11. The Balaban J connectivity index is 2.70. The topological polar surface area (TPSA) is 46.2 Å². The van der Waals surface area contributed by atoms with Gasteiger partial charge in [0.05, 0.1) is 6.10 Å². The molecule has 1 unspecified atom stereocenters. The van der Waals surface area contributed by atoms with Gasteiger partial charge in [0.25, 0.3) is 0 Å². The maximum Gasteiger partial charge on any atom is 0.0636 e. The van der Waals surface area contributed by atoms with Crippen molar-refractivity contribution in [1.29, 1.82) is 0 Å². The van der Waals surface area contributed by atoms with Crippen molar-refractivity contribution in [2.45, 2.75) is 64.9 Å². The molecule has 0 spiro atoms. The van der Waals surface area contributed by atoms with Crippen LogP contribution in [0.5, 0.6) is 0 Å². The van der Waals surface area contributed by atoms with E-state index in [4.69, 9.17) is 5.73 Å². The minimum absolute atomic E-state index is 0.0366. The third-order valence-corrected chi connectivity index (χ3v) is 4.38. The molecule has 3 N–H and O–H groups in total. The van der Waals surface area contributed by atoms with Crippen LogP contribution in [0.2, 0.25) is 0 Å². The highest BCUT2D eigenvalue weighted by molar-refractivity contribution is 4.92. The zero-order valence-electron chi connectivity index (χ0n) is 10.3. The standard InChI is InChI=1S/C13H27NO/c1-3-11(4-2)12(15)13(10-14)8-6-5-7-9-13/h11-12,15H,3-10,14H2,1-2H3. The first-order valence-corrected chi connectivity index (χ1v) is 6.58. The van der Waals surface area contributed by atoms with Crippen molar-refractivity contribution in [2.24, 2.45) is 17.1 Å². The third-order valence-electron chi connectivity index (χ3n) is 4.38. The van der Waals surface area contributed by atoms with E-state index < -0.39 is 0 Å². The third kappa shape index (κ3) is 2.73. The molecular weight excluding hydrogens is 186 g/mol. The SMILES string of the molecule is CCC(CC)C(O)C1(CN)CCCCC1. The molecule has 15 heavy (non-hydrogen) atoms. The van der Waals surface area contributed by atoms with Crippen LogP contribution in [-0.2, 0) is 0 Å². The molecule has 1 aliphatic rings. The number of rotatable bonds is 5. The molecule has 2 heteroatoms. The molecule has 0 aromatic rings. The van der Waals surface area contributed by atoms with E-state index in [-0.39, 0.29) is 11.5 Å². The lowest BCUT2D eigenvalue weighted by Gasteiger charge is -2.43. The average molecular weight is 213 g/mol. The lowest BCUT2D eigenvalue weighted by molar-refractivity contribution is -0.0389. The van der Waals surface area contributed by atoms with Gasteiger partial charge in [-0.1, -0.05) is 46.0 Å². The van der Waals surface area contributed by atoms with Crippen molar-refractivity contribution >= 4 is 0 Å². The Bertz CT molecular complexity index is 171. The molecule has 1 fully saturated rings. The molecule has 0 heterocycles. The summed E-state index contributed by atoms with van der Waals surface area (Å²) in [5, 5.41) is 10.5. The predicted molar refractivity (Wildman–Crippen MR) is 64.7 cm³/mol. The van der Waals surface area contributed by atoms with Crippen LogP contribution < -0.4 is 5.73 Å². The highest BCUT2D eigenvalue weighted by Gasteiger charge is 2.40. The zero-order chi connectivity index (χ0) is 11.3. The molecule has 0 bridgehead atoms. The van der Waals surface area contributed by atoms with Crippen molar-refractivity contribution in [1.82, 2.24) is 0 Å². The summed E-state index contributed by atoms with van der Waals surface area (Å²) in [7, 11) is 0. The molecule has 0 amide bonds. The Kier molecular flexibility index (Phi) is 5.07. The van der Waals surface area contributed by atoms with Crippen LogP contribution in [-0.4, -0.2) is 17.8 Å². The minimum atomic E-state index is -0.183. The quantitative estimate of drug-likeness (QED) is 0.737. The van der Waals surface area contributed by atoms with Crippen LogP contribution in [0, 0.1) is 11.3 Å². The number of aliphatic hydroxyl groups excluding tert-OH is 1. The van der Waals surface area contributed by atoms with Gasteiger partial charge in [0, 0.05) is 12.0 Å². The first kappa shape index (κ1) is 13.0. The van der Waals surface area contributed by atoms with E-state index in [0.29, 0.717) is 12.5 Å². The van der Waals surface area contributed by atoms with E-state index in [9.17, 15) is 5.11 Å². The minimum Gasteiger partial charge on any atom is -0.392 e. The van der Waals surface area contributed by atoms with Crippen LogP contribution in [0.3, 0.4) is 0 Å². The molecule has 90 valence electrons. The summed E-state index contributed by atoms with van der Waals surface area (Å²) in [4.78, 5) is 0. The fraction of sp³-hybridized carbons (Fsp3) is 1.00. The van der Waals surface area contributed by atoms with Crippen molar-refractivity contribution in [3.63, 3.8) is 0 Å². The molecular formula is C13H27NO. The summed E-state index contributed by atoms with van der Waals surface area (Å²) in [6.07, 6.45) is 8.01. The molecule has 0 radical (unpaired) electrons. The maximum atomic E-state index is 10.5. The van der Waals surface area contributed by atoms with Gasteiger partial charge in [0.2, 0.25) is 0 Å². The van der Waals surface area contributed by atoms with Gasteiger partial charge in [-0.2, -0.15) is 0 Å². The number of hydrogen-bond donors (Lipinski definition) is 2. The van der Waals surface area contributed by atoms with Crippen LogP contribution in [0.4, 0.5) is 0 Å². The van der Waals surface area contributed by atoms with E-state index in [1.165, 1.54) is 19.3 Å². The van der Waals surface area contributed by atoms with E-state index >= 15 is 0 Å². The lowest BCUT2D eigenvalue weighted by Crippen LogP contribution is -2.46. The van der Waals surface area contributed by atoms with Gasteiger partial charge in [0.1, 0.15) is 0 Å². The molecule has 0 aliphatic heterocycles. The molecule has 0 aromatic carbocycles. The molecule has 0 aromatic heterocycles. The first-order valence-electron chi connectivity index (χ1n) is 6.58. The van der Waals surface area contributed by atoms with Crippen LogP contribution in [0.15, 0.2) is 0 Å². The smallest absolute Gasteiger partial charge is 0.0636 e. The summed E-state index contributed by atoms with van der Waals surface area (Å²) < 4.78 is 0. The highest BCUT2D eigenvalue weighted by atomic mass is 16.3. The van der Waals surface area contributed by atoms with Crippen molar-refractivity contribution in [3.05, 3.63) is 0 Å². The second-order valence-electron chi connectivity index (χ2n) is 5.15. The largest absolute Gasteiger partial charge is 0.392 e. The van der Waals surface area contributed by atoms with Crippen molar-refractivity contribution in [3.8, 4) is 0 Å². The second-order valence-corrected chi connectivity index (χ2v) is 5.15. The average Bonchev–Trinajstić information content (AvgIpc) is 2.31. The number of hydrogen-bond acceptors (Lipinski definition) is 2. The maximum absolute atomic E-state index is 10.5. The molecule has 2 nitrogen and oxygen atoms in total. The molecule has 1 aliphatic carbocycles. The van der Waals surface area contributed by atoms with Crippen LogP contribution in [0.1, 0.15) is 58.8 Å². The Morgan fingerprint density at radius 2 is 1.67 bits per heavy atom. The Hall–Kier alpha value is -0.0800. The monoisotopic (exact) mass is 213 g/mol. The van der Waals surface area contributed by atoms with E-state index in [1.54, 1.807) is 0 Å². The fourth-order valence-electron chi connectivity index (χ4n) is 3.11. The zero-order valence-corrected chi connectivity index (χ0v) is 10.3. The first-order chi connectivity index (χ1) is 7.20. The van der Waals surface area contributed by atoms with Gasteiger partial charge < -0.3 is 10.8 Å². The second kappa shape index (κ2) is 5.86. The van der Waals surface area contributed by atoms with E-state index in [2.05, 4.69) is 13.8 Å². The summed E-state index contributed by atoms with van der Waals surface area (Å²) in [5.74, 6) is 0.437. The number of nitrogens with two attached hydrogens (primary N) is 1. The Morgan fingerprint density at radius 3 is 2.07 bits per heavy atom. The van der Waals surface area contributed by atoms with Crippen LogP contribution in [0.25, 0.3) is 0 Å². The summed E-state index contributed by atoms with van der Waals surface area (Å²) in [5.41, 5.74) is 5.96. The van der Waals surface area contributed by atoms with E-state index in [1.807, 2.05) is 0 Å². The van der Waals surface area contributed by atoms with Crippen molar-refractivity contribution in [2.75, 3.05) is 6.54 Å². The molecule has 0 saturated heterocycles. The van der Waals surface area contributed by atoms with Gasteiger partial charge in [-0.25, -0.2) is 0 Å². The summed E-state index contributed by atoms with van der Waals surface area (Å²) >= 11 is 0. The highest BCUT2D eigenvalue weighted by Crippen LogP contribution is 2.42. The Morgan fingerprint density at radius 1 is 1.13 bits per heavy atom. The molecule has 1 atom stereocenters. The number of aliphatic hydroxyl groups is 1. The molecule has 1 saturated carbocycles. The van der Waals surface area contributed by atoms with Gasteiger partial charge in [-0.15, -0.1) is 0 Å². The summed E-state index contributed by atoms with van der Waals surface area (Å²) in [6, 6.07) is 0. The normalized spacial score (nSPS) is 23.0. The van der Waals surface area contributed by atoms with Gasteiger partial charge in [-0.05, 0) is 18.8 Å². The molecule has 1 rings (SSSR count). The van der Waals surface area contributed by atoms with Gasteiger partial charge >= 0.3 is 0 Å². The van der Waals surface area contributed by atoms with E-state index in [0.717, 1.165) is 25.7 Å². The summed E-state index contributed by atoms with van der Waals surface area (Å²) in [6.45, 7) is 5.00. The van der Waals surface area contributed by atoms with Crippen molar-refractivity contribution < 1.29 is 5.11 Å². The predicted octanol–water partition coefficient (Wildman–Crippen LogP) is 2.69. The Labute approximate surface area is 94.2 Å². The lowest BCUT2D eigenvalue weighted by atomic mass is 9.66. The van der Waals surface area contributed by atoms with Gasteiger partial charge in [-0.3, -0.25) is 0 Å². The van der Waals surface area contributed by atoms with Crippen LogP contribution >= 0.6 is 0 Å². The van der Waals surface area contributed by atoms with Gasteiger partial charge in [0.15, 0.2) is 0 Å².